The van der Waals surface area contributed by atoms with Gasteiger partial charge in [0.05, 0.1) is 0 Å². The van der Waals surface area contributed by atoms with E-state index < -0.39 is 0 Å². The van der Waals surface area contributed by atoms with Crippen LogP contribution in [0.4, 0.5) is 0 Å². The van der Waals surface area contributed by atoms with E-state index >= 15 is 0 Å². The molecule has 2 heteroatoms. The Kier molecular flexibility index (Phi) is 9.86. The highest BCUT2D eigenvalue weighted by Crippen LogP contribution is 2.15. The topological polar surface area (TPSA) is 12.0 Å². The molecule has 0 saturated carbocycles. The van der Waals surface area contributed by atoms with Crippen LogP contribution < -0.4 is 5.32 Å². The first-order valence-corrected chi connectivity index (χ1v) is 9.48. The van der Waals surface area contributed by atoms with Crippen molar-refractivity contribution in [2.75, 3.05) is 18.6 Å². The van der Waals surface area contributed by atoms with Crippen molar-refractivity contribution in [1.29, 1.82) is 0 Å². The predicted octanol–water partition coefficient (Wildman–Crippen LogP) is 5.21. The van der Waals surface area contributed by atoms with E-state index in [1.807, 2.05) is 11.8 Å². The Labute approximate surface area is 129 Å². The summed E-state index contributed by atoms with van der Waals surface area (Å²) in [6, 6.07) is 9.63. The van der Waals surface area contributed by atoms with Crippen LogP contribution in [0.25, 0.3) is 0 Å². The Hall–Kier alpha value is -0.470. The minimum Gasteiger partial charge on any atom is -0.310 e. The Morgan fingerprint density at radius 2 is 1.80 bits per heavy atom. The van der Waals surface area contributed by atoms with Gasteiger partial charge in [0.25, 0.3) is 0 Å². The van der Waals surface area contributed by atoms with E-state index in [-0.39, 0.29) is 0 Å². The third-order valence-electron chi connectivity index (χ3n) is 3.77. The molecule has 1 atom stereocenters. The molecule has 0 aliphatic rings. The molecule has 1 nitrogen and oxygen atoms in total. The van der Waals surface area contributed by atoms with E-state index in [4.69, 9.17) is 0 Å². The molecule has 1 aromatic carbocycles. The van der Waals surface area contributed by atoms with E-state index in [1.165, 1.54) is 55.4 Å². The number of rotatable bonds is 11. The predicted molar refractivity (Wildman–Crippen MR) is 93.7 cm³/mol. The fourth-order valence-electron chi connectivity index (χ4n) is 2.34. The molecule has 1 rings (SSSR count). The zero-order valence-electron chi connectivity index (χ0n) is 13.5. The first kappa shape index (κ1) is 17.6. The molecule has 0 amide bonds. The summed E-state index contributed by atoms with van der Waals surface area (Å²) in [6.07, 6.45) is 9.96. The first-order valence-electron chi connectivity index (χ1n) is 8.09. The highest BCUT2D eigenvalue weighted by atomic mass is 32.2. The average molecular weight is 294 g/mol. The second-order valence-electron chi connectivity index (χ2n) is 5.57. The molecule has 20 heavy (non-hydrogen) atoms. The van der Waals surface area contributed by atoms with E-state index in [9.17, 15) is 0 Å². The van der Waals surface area contributed by atoms with Crippen molar-refractivity contribution < 1.29 is 0 Å². The number of nitrogens with one attached hydrogen (secondary N) is 1. The monoisotopic (exact) mass is 293 g/mol. The van der Waals surface area contributed by atoms with Crippen LogP contribution in [0.5, 0.6) is 0 Å². The van der Waals surface area contributed by atoms with Gasteiger partial charge >= 0.3 is 0 Å². The number of hydrogen-bond donors (Lipinski definition) is 1. The van der Waals surface area contributed by atoms with E-state index in [0.717, 1.165) is 6.54 Å². The van der Waals surface area contributed by atoms with Crippen LogP contribution >= 0.6 is 11.8 Å². The summed E-state index contributed by atoms with van der Waals surface area (Å²) in [4.78, 5) is 0. The zero-order valence-corrected chi connectivity index (χ0v) is 14.3. The zero-order chi connectivity index (χ0) is 14.6. The molecular formula is C18H31NS. The van der Waals surface area contributed by atoms with Gasteiger partial charge in [0.1, 0.15) is 0 Å². The Balaban J connectivity index is 2.23. The minimum absolute atomic E-state index is 0.468. The van der Waals surface area contributed by atoms with Crippen LogP contribution in [-0.2, 0) is 6.42 Å². The van der Waals surface area contributed by atoms with Gasteiger partial charge in [-0.25, -0.2) is 0 Å². The molecule has 0 radical (unpaired) electrons. The van der Waals surface area contributed by atoms with Gasteiger partial charge in [0.15, 0.2) is 0 Å². The van der Waals surface area contributed by atoms with Crippen molar-refractivity contribution in [2.45, 2.75) is 58.4 Å². The lowest BCUT2D eigenvalue weighted by Crippen LogP contribution is -2.19. The van der Waals surface area contributed by atoms with E-state index in [1.54, 1.807) is 0 Å². The summed E-state index contributed by atoms with van der Waals surface area (Å²) < 4.78 is 0. The largest absolute Gasteiger partial charge is 0.310 e. The van der Waals surface area contributed by atoms with Crippen LogP contribution in [-0.4, -0.2) is 18.6 Å². The molecule has 0 aliphatic carbocycles. The van der Waals surface area contributed by atoms with Gasteiger partial charge in [-0.2, -0.15) is 11.8 Å². The fraction of sp³-hybridized carbons (Fsp3) is 0.667. The molecule has 0 bridgehead atoms. The molecule has 0 aliphatic heterocycles. The molecular weight excluding hydrogens is 262 g/mol. The summed E-state index contributed by atoms with van der Waals surface area (Å²) in [5.41, 5.74) is 2.88. The molecule has 1 aromatic rings. The smallest absolute Gasteiger partial charge is 0.0291 e. The number of aryl methyl sites for hydroxylation is 1. The van der Waals surface area contributed by atoms with Gasteiger partial charge in [-0.1, -0.05) is 44.0 Å². The van der Waals surface area contributed by atoms with Crippen LogP contribution in [0.3, 0.4) is 0 Å². The lowest BCUT2D eigenvalue weighted by Gasteiger charge is -2.14. The Bertz CT molecular complexity index is 334. The van der Waals surface area contributed by atoms with Crippen LogP contribution in [0, 0.1) is 0 Å². The van der Waals surface area contributed by atoms with Gasteiger partial charge in [-0.3, -0.25) is 0 Å². The molecule has 0 aromatic heterocycles. The van der Waals surface area contributed by atoms with Crippen molar-refractivity contribution in [2.24, 2.45) is 0 Å². The van der Waals surface area contributed by atoms with Crippen LogP contribution in [0.1, 0.15) is 63.1 Å². The minimum atomic E-state index is 0.468. The van der Waals surface area contributed by atoms with E-state index in [2.05, 4.69) is 49.7 Å². The van der Waals surface area contributed by atoms with Crippen molar-refractivity contribution in [3.63, 3.8) is 0 Å². The lowest BCUT2D eigenvalue weighted by molar-refractivity contribution is 0.544. The van der Waals surface area contributed by atoms with Crippen LogP contribution in [0.2, 0.25) is 0 Å². The number of unbranched alkanes of at least 4 members (excludes halogenated alkanes) is 3. The lowest BCUT2D eigenvalue weighted by atomic mass is 10.0. The molecule has 114 valence electrons. The van der Waals surface area contributed by atoms with Crippen molar-refractivity contribution >= 4 is 11.8 Å². The second-order valence-corrected chi connectivity index (χ2v) is 6.56. The number of benzene rings is 1. The van der Waals surface area contributed by atoms with Gasteiger partial charge < -0.3 is 5.32 Å². The first-order chi connectivity index (χ1) is 9.77. The molecule has 0 spiro atoms. The summed E-state index contributed by atoms with van der Waals surface area (Å²) in [6.45, 7) is 5.65. The summed E-state index contributed by atoms with van der Waals surface area (Å²) in [7, 11) is 0. The summed E-state index contributed by atoms with van der Waals surface area (Å²) >= 11 is 1.95. The highest BCUT2D eigenvalue weighted by molar-refractivity contribution is 7.98. The maximum absolute atomic E-state index is 3.63. The molecule has 1 unspecified atom stereocenters. The van der Waals surface area contributed by atoms with Gasteiger partial charge in [-0.15, -0.1) is 0 Å². The maximum atomic E-state index is 3.63. The van der Waals surface area contributed by atoms with Gasteiger partial charge in [-0.05, 0) is 62.3 Å². The van der Waals surface area contributed by atoms with Gasteiger partial charge in [0.2, 0.25) is 0 Å². The summed E-state index contributed by atoms with van der Waals surface area (Å²) in [5.74, 6) is 1.30. The second kappa shape index (κ2) is 11.2. The van der Waals surface area contributed by atoms with Gasteiger partial charge in [0, 0.05) is 6.04 Å². The molecule has 0 heterocycles. The Morgan fingerprint density at radius 3 is 2.45 bits per heavy atom. The SMILES string of the molecule is CCCCc1ccc(C(C)NCCCCCSC)cc1. The molecule has 0 fully saturated rings. The normalized spacial score (nSPS) is 12.6. The highest BCUT2D eigenvalue weighted by Gasteiger charge is 2.04. The van der Waals surface area contributed by atoms with E-state index in [0.29, 0.717) is 6.04 Å². The average Bonchev–Trinajstić information content (AvgIpc) is 2.49. The third-order valence-corrected chi connectivity index (χ3v) is 4.47. The molecule has 0 saturated heterocycles. The standard InChI is InChI=1S/C18H31NS/c1-4-5-9-17-10-12-18(13-11-17)16(2)19-14-7-6-8-15-20-3/h10-13,16,19H,4-9,14-15H2,1-3H3. The quantitative estimate of drug-likeness (QED) is 0.562. The van der Waals surface area contributed by atoms with Crippen LogP contribution in [0.15, 0.2) is 24.3 Å². The van der Waals surface area contributed by atoms with Crippen molar-refractivity contribution in [3.05, 3.63) is 35.4 Å². The number of thioether (sulfide) groups is 1. The maximum Gasteiger partial charge on any atom is 0.0291 e. The number of hydrogen-bond acceptors (Lipinski definition) is 2. The van der Waals surface area contributed by atoms with Crippen molar-refractivity contribution in [3.8, 4) is 0 Å². The fourth-order valence-corrected chi connectivity index (χ4v) is 2.83. The molecule has 1 N–H and O–H groups in total. The third kappa shape index (κ3) is 7.35. The van der Waals surface area contributed by atoms with Crippen molar-refractivity contribution in [1.82, 2.24) is 5.32 Å². The Morgan fingerprint density at radius 1 is 1.05 bits per heavy atom. The summed E-state index contributed by atoms with van der Waals surface area (Å²) in [5, 5.41) is 3.63.